The van der Waals surface area contributed by atoms with Crippen LogP contribution >= 0.6 is 0 Å². The zero-order valence-electron chi connectivity index (χ0n) is 7.15. The van der Waals surface area contributed by atoms with Gasteiger partial charge < -0.3 is 4.74 Å². The van der Waals surface area contributed by atoms with Crippen LogP contribution in [-0.2, 0) is 0 Å². The van der Waals surface area contributed by atoms with E-state index in [4.69, 9.17) is 4.74 Å². The van der Waals surface area contributed by atoms with E-state index in [9.17, 15) is 4.91 Å². The van der Waals surface area contributed by atoms with Gasteiger partial charge >= 0.3 is 0 Å². The summed E-state index contributed by atoms with van der Waals surface area (Å²) in [5, 5.41) is 2.92. The van der Waals surface area contributed by atoms with Crippen molar-refractivity contribution in [2.75, 3.05) is 7.11 Å². The van der Waals surface area contributed by atoms with E-state index in [1.807, 2.05) is 24.3 Å². The summed E-state index contributed by atoms with van der Waals surface area (Å²) in [7, 11) is 1.61. The number of nitrogens with zero attached hydrogens (tertiary/aromatic N) is 1. The maximum atomic E-state index is 10.2. The molecule has 0 aliphatic rings. The van der Waals surface area contributed by atoms with Gasteiger partial charge in [0.25, 0.3) is 0 Å². The maximum Gasteiger partial charge on any atom is 0.118 e. The summed E-state index contributed by atoms with van der Waals surface area (Å²) in [6.07, 6.45) is 0. The average molecular weight is 165 g/mol. The minimum atomic E-state index is -0.282. The summed E-state index contributed by atoms with van der Waals surface area (Å²) in [6.45, 7) is 1.76. The van der Waals surface area contributed by atoms with Gasteiger partial charge in [-0.25, -0.2) is 0 Å². The zero-order chi connectivity index (χ0) is 8.97. The molecular weight excluding hydrogens is 154 g/mol. The van der Waals surface area contributed by atoms with Gasteiger partial charge in [-0.2, -0.15) is 4.91 Å². The van der Waals surface area contributed by atoms with E-state index in [-0.39, 0.29) is 6.04 Å². The molecule has 0 aliphatic carbocycles. The fourth-order valence-corrected chi connectivity index (χ4v) is 0.943. The van der Waals surface area contributed by atoms with Crippen LogP contribution in [-0.4, -0.2) is 7.11 Å². The quantitative estimate of drug-likeness (QED) is 0.645. The number of nitroso groups, excluding NO2 is 1. The first-order valence-electron chi connectivity index (χ1n) is 3.74. The summed E-state index contributed by atoms with van der Waals surface area (Å²) < 4.78 is 4.97. The van der Waals surface area contributed by atoms with Crippen LogP contribution in [0.4, 0.5) is 0 Å². The van der Waals surface area contributed by atoms with Crippen LogP contribution in [0.1, 0.15) is 18.5 Å². The number of hydrogen-bond donors (Lipinski definition) is 0. The fourth-order valence-electron chi connectivity index (χ4n) is 0.943. The first-order chi connectivity index (χ1) is 5.77. The molecule has 0 radical (unpaired) electrons. The van der Waals surface area contributed by atoms with Crippen molar-refractivity contribution in [2.24, 2.45) is 5.18 Å². The van der Waals surface area contributed by atoms with Gasteiger partial charge in [-0.1, -0.05) is 17.3 Å². The van der Waals surface area contributed by atoms with E-state index in [0.29, 0.717) is 0 Å². The highest BCUT2D eigenvalue weighted by molar-refractivity contribution is 5.28. The minimum absolute atomic E-state index is 0.282. The number of benzene rings is 1. The molecule has 0 heterocycles. The highest BCUT2D eigenvalue weighted by Gasteiger charge is 2.03. The van der Waals surface area contributed by atoms with Gasteiger partial charge in [-0.05, 0) is 24.6 Å². The van der Waals surface area contributed by atoms with E-state index in [1.165, 1.54) is 0 Å². The predicted molar refractivity (Wildman–Crippen MR) is 47.2 cm³/mol. The Morgan fingerprint density at radius 2 is 1.92 bits per heavy atom. The molecule has 0 amide bonds. The Morgan fingerprint density at radius 3 is 2.33 bits per heavy atom. The van der Waals surface area contributed by atoms with E-state index in [0.717, 1.165) is 11.3 Å². The highest BCUT2D eigenvalue weighted by atomic mass is 16.5. The molecule has 0 saturated carbocycles. The zero-order valence-corrected chi connectivity index (χ0v) is 7.15. The van der Waals surface area contributed by atoms with Gasteiger partial charge in [0.15, 0.2) is 0 Å². The van der Waals surface area contributed by atoms with Gasteiger partial charge in [0.05, 0.1) is 7.11 Å². The molecule has 64 valence electrons. The molecule has 0 aliphatic heterocycles. The third-order valence-corrected chi connectivity index (χ3v) is 1.76. The van der Waals surface area contributed by atoms with Gasteiger partial charge in [-0.15, -0.1) is 0 Å². The molecule has 3 nitrogen and oxygen atoms in total. The van der Waals surface area contributed by atoms with Gasteiger partial charge in [-0.3, -0.25) is 0 Å². The molecule has 1 atom stereocenters. The summed E-state index contributed by atoms with van der Waals surface area (Å²) in [5.74, 6) is 0.789. The molecule has 0 fully saturated rings. The Bertz CT molecular complexity index is 256. The number of ether oxygens (including phenoxy) is 1. The van der Waals surface area contributed by atoms with Crippen LogP contribution in [0.2, 0.25) is 0 Å². The summed E-state index contributed by atoms with van der Waals surface area (Å²) in [4.78, 5) is 10.2. The second-order valence-corrected chi connectivity index (χ2v) is 2.55. The van der Waals surface area contributed by atoms with Crippen molar-refractivity contribution < 1.29 is 4.74 Å². The third-order valence-electron chi connectivity index (χ3n) is 1.76. The predicted octanol–water partition coefficient (Wildman–Crippen LogP) is 2.52. The average Bonchev–Trinajstić information content (AvgIpc) is 2.17. The number of methoxy groups -OCH3 is 1. The molecule has 0 aromatic heterocycles. The molecular formula is C9H11NO2. The second kappa shape index (κ2) is 3.85. The monoisotopic (exact) mass is 165 g/mol. The topological polar surface area (TPSA) is 38.7 Å². The van der Waals surface area contributed by atoms with Crippen molar-refractivity contribution in [1.82, 2.24) is 0 Å². The minimum Gasteiger partial charge on any atom is -0.497 e. The summed E-state index contributed by atoms with van der Waals surface area (Å²) >= 11 is 0. The van der Waals surface area contributed by atoms with Gasteiger partial charge in [0, 0.05) is 0 Å². The van der Waals surface area contributed by atoms with Crippen molar-refractivity contribution in [1.29, 1.82) is 0 Å². The van der Waals surface area contributed by atoms with E-state index < -0.39 is 0 Å². The Balaban J connectivity index is 2.84. The Hall–Kier alpha value is -1.38. The summed E-state index contributed by atoms with van der Waals surface area (Å²) in [5.41, 5.74) is 0.908. The standard InChI is InChI=1S/C9H11NO2/c1-7(10-11)8-3-5-9(12-2)6-4-8/h3-7H,1-2H3. The Kier molecular flexibility index (Phi) is 2.80. The molecule has 12 heavy (non-hydrogen) atoms. The second-order valence-electron chi connectivity index (χ2n) is 2.55. The van der Waals surface area contributed by atoms with Crippen LogP contribution in [0.25, 0.3) is 0 Å². The number of rotatable bonds is 3. The molecule has 1 unspecified atom stereocenters. The lowest BCUT2D eigenvalue weighted by Gasteiger charge is -2.03. The summed E-state index contributed by atoms with van der Waals surface area (Å²) in [6, 6.07) is 7.03. The molecule has 0 saturated heterocycles. The fraction of sp³-hybridized carbons (Fsp3) is 0.333. The van der Waals surface area contributed by atoms with E-state index >= 15 is 0 Å². The van der Waals surface area contributed by atoms with E-state index in [1.54, 1.807) is 14.0 Å². The molecule has 3 heteroatoms. The van der Waals surface area contributed by atoms with Crippen LogP contribution in [0.5, 0.6) is 5.75 Å². The van der Waals surface area contributed by atoms with Crippen molar-refractivity contribution in [3.8, 4) is 5.75 Å². The SMILES string of the molecule is COc1ccc(C(C)N=O)cc1. The highest BCUT2D eigenvalue weighted by Crippen LogP contribution is 2.19. The van der Waals surface area contributed by atoms with Crippen LogP contribution < -0.4 is 4.74 Å². The molecule has 1 aromatic rings. The number of hydrogen-bond acceptors (Lipinski definition) is 3. The molecule has 0 N–H and O–H groups in total. The van der Waals surface area contributed by atoms with Crippen molar-refractivity contribution in [2.45, 2.75) is 13.0 Å². The molecule has 0 bridgehead atoms. The Morgan fingerprint density at radius 1 is 1.33 bits per heavy atom. The smallest absolute Gasteiger partial charge is 0.118 e. The first-order valence-corrected chi connectivity index (χ1v) is 3.74. The van der Waals surface area contributed by atoms with Crippen molar-refractivity contribution >= 4 is 0 Å². The van der Waals surface area contributed by atoms with Crippen molar-refractivity contribution in [3.63, 3.8) is 0 Å². The maximum absolute atomic E-state index is 10.2. The lowest BCUT2D eigenvalue weighted by Crippen LogP contribution is -1.88. The Labute approximate surface area is 71.3 Å². The normalized spacial score (nSPS) is 12.2. The van der Waals surface area contributed by atoms with E-state index in [2.05, 4.69) is 5.18 Å². The van der Waals surface area contributed by atoms with Crippen LogP contribution in [0.3, 0.4) is 0 Å². The molecule has 1 rings (SSSR count). The lowest BCUT2D eigenvalue weighted by molar-refractivity contribution is 0.414. The third kappa shape index (κ3) is 1.81. The largest absolute Gasteiger partial charge is 0.497 e. The van der Waals surface area contributed by atoms with Gasteiger partial charge in [0.2, 0.25) is 0 Å². The van der Waals surface area contributed by atoms with Crippen LogP contribution in [0.15, 0.2) is 29.4 Å². The molecule has 1 aromatic carbocycles. The molecule has 0 spiro atoms. The van der Waals surface area contributed by atoms with Gasteiger partial charge in [0.1, 0.15) is 11.8 Å². The van der Waals surface area contributed by atoms with Crippen molar-refractivity contribution in [3.05, 3.63) is 34.7 Å². The lowest BCUT2D eigenvalue weighted by atomic mass is 10.1. The first kappa shape index (κ1) is 8.71. The van der Waals surface area contributed by atoms with Crippen LogP contribution in [0, 0.1) is 4.91 Å².